The highest BCUT2D eigenvalue weighted by Crippen LogP contribution is 1.88. The lowest BCUT2D eigenvalue weighted by Gasteiger charge is -1.77. The Bertz CT molecular complexity index is 120. The molecule has 0 atom stereocenters. The Morgan fingerprint density at radius 1 is 1.50 bits per heavy atom. The first-order chi connectivity index (χ1) is 3.77. The van der Waals surface area contributed by atoms with Crippen LogP contribution in [0.25, 0.3) is 0 Å². The molecule has 0 fully saturated rings. The Hall–Kier alpha value is -0.850. The van der Waals surface area contributed by atoms with Crippen molar-refractivity contribution >= 4 is 0 Å². The van der Waals surface area contributed by atoms with Crippen LogP contribution in [-0.2, 0) is 0 Å². The fourth-order valence-corrected chi connectivity index (χ4v) is 0.262. The van der Waals surface area contributed by atoms with Crippen molar-refractivity contribution in [2.75, 3.05) is 0 Å². The van der Waals surface area contributed by atoms with Crippen LogP contribution in [0, 0.1) is 0 Å². The summed E-state index contributed by atoms with van der Waals surface area (Å²) in [6, 6.07) is 0. The van der Waals surface area contributed by atoms with Gasteiger partial charge in [-0.3, -0.25) is 0 Å². The molecule has 0 aliphatic heterocycles. The van der Waals surface area contributed by atoms with E-state index in [9.17, 15) is 4.39 Å². The van der Waals surface area contributed by atoms with E-state index in [0.717, 1.165) is 5.57 Å². The van der Waals surface area contributed by atoms with Crippen molar-refractivity contribution in [2.24, 2.45) is 0 Å². The zero-order chi connectivity index (χ0) is 6.41. The Labute approximate surface area is 49.0 Å². The summed E-state index contributed by atoms with van der Waals surface area (Å²) in [6.45, 7) is 5.43. The molecule has 0 aliphatic carbocycles. The summed E-state index contributed by atoms with van der Waals surface area (Å²) in [5.41, 5.74) is 0.920. The lowest BCUT2D eigenvalue weighted by atomic mass is 10.3. The lowest BCUT2D eigenvalue weighted by Crippen LogP contribution is -1.56. The Balaban J connectivity index is 3.50. The van der Waals surface area contributed by atoms with E-state index in [1.54, 1.807) is 12.2 Å². The molecule has 0 aliphatic rings. The molecule has 44 valence electrons. The predicted octanol–water partition coefficient (Wildman–Crippen LogP) is 2.60. The van der Waals surface area contributed by atoms with E-state index >= 15 is 0 Å². The van der Waals surface area contributed by atoms with Crippen molar-refractivity contribution in [3.63, 3.8) is 0 Å². The van der Waals surface area contributed by atoms with Gasteiger partial charge < -0.3 is 0 Å². The van der Waals surface area contributed by atoms with E-state index in [0.29, 0.717) is 6.33 Å². The lowest BCUT2D eigenvalue weighted by molar-refractivity contribution is 0.721. The molecule has 0 rings (SSSR count). The molecule has 8 heavy (non-hydrogen) atoms. The normalized spacial score (nSPS) is 11.2. The van der Waals surface area contributed by atoms with Crippen molar-refractivity contribution < 1.29 is 4.39 Å². The monoisotopic (exact) mass is 112 g/mol. The van der Waals surface area contributed by atoms with E-state index < -0.39 is 0 Å². The third-order valence-electron chi connectivity index (χ3n) is 0.565. The molecule has 1 heteroatoms. The third-order valence-corrected chi connectivity index (χ3v) is 0.565. The molecule has 0 saturated heterocycles. The first-order valence-electron chi connectivity index (χ1n) is 2.36. The van der Waals surface area contributed by atoms with Gasteiger partial charge in [-0.2, -0.15) is 0 Å². The molecular formula is C7H9F. The van der Waals surface area contributed by atoms with Gasteiger partial charge in [0.15, 0.2) is 0 Å². The SMILES string of the molecule is C=C(C)/C=C\C=C\F. The molecule has 0 saturated carbocycles. The van der Waals surface area contributed by atoms with Crippen LogP contribution in [0.15, 0.2) is 36.7 Å². The van der Waals surface area contributed by atoms with E-state index in [-0.39, 0.29) is 0 Å². The second-order valence-corrected chi connectivity index (χ2v) is 1.52. The first kappa shape index (κ1) is 7.15. The minimum atomic E-state index is 0.486. The zero-order valence-corrected chi connectivity index (χ0v) is 4.89. The second kappa shape index (κ2) is 4.31. The molecule has 0 aromatic carbocycles. The van der Waals surface area contributed by atoms with Crippen LogP contribution in [-0.4, -0.2) is 0 Å². The molecule has 0 nitrogen and oxygen atoms in total. The van der Waals surface area contributed by atoms with E-state index in [1.807, 2.05) is 6.92 Å². The Morgan fingerprint density at radius 2 is 2.12 bits per heavy atom. The maximum Gasteiger partial charge on any atom is 0.0866 e. The Kier molecular flexibility index (Phi) is 3.85. The smallest absolute Gasteiger partial charge is 0.0866 e. The number of halogens is 1. The third kappa shape index (κ3) is 5.15. The molecule has 0 spiro atoms. The predicted molar refractivity (Wildman–Crippen MR) is 34.2 cm³/mol. The number of rotatable bonds is 2. The molecule has 0 N–H and O–H groups in total. The number of hydrogen-bond donors (Lipinski definition) is 0. The van der Waals surface area contributed by atoms with Gasteiger partial charge in [0.25, 0.3) is 0 Å². The van der Waals surface area contributed by atoms with Crippen LogP contribution >= 0.6 is 0 Å². The molecular weight excluding hydrogens is 103 g/mol. The average Bonchev–Trinajstić information content (AvgIpc) is 1.66. The largest absolute Gasteiger partial charge is 0.216 e. The van der Waals surface area contributed by atoms with Crippen molar-refractivity contribution in [1.29, 1.82) is 0 Å². The fourth-order valence-electron chi connectivity index (χ4n) is 0.262. The molecule has 0 amide bonds. The van der Waals surface area contributed by atoms with Gasteiger partial charge >= 0.3 is 0 Å². The van der Waals surface area contributed by atoms with Crippen LogP contribution in [0.4, 0.5) is 4.39 Å². The first-order valence-corrected chi connectivity index (χ1v) is 2.36. The van der Waals surface area contributed by atoms with E-state index in [4.69, 9.17) is 0 Å². The topological polar surface area (TPSA) is 0 Å². The molecule has 0 aromatic heterocycles. The van der Waals surface area contributed by atoms with Crippen LogP contribution in [0.1, 0.15) is 6.92 Å². The highest BCUT2D eigenvalue weighted by atomic mass is 19.1. The maximum atomic E-state index is 11.2. The van der Waals surface area contributed by atoms with E-state index in [2.05, 4.69) is 6.58 Å². The van der Waals surface area contributed by atoms with Gasteiger partial charge in [0, 0.05) is 0 Å². The summed E-state index contributed by atoms with van der Waals surface area (Å²) in [5.74, 6) is 0. The molecule has 0 unspecified atom stereocenters. The van der Waals surface area contributed by atoms with Gasteiger partial charge in [0.2, 0.25) is 0 Å². The summed E-state index contributed by atoms with van der Waals surface area (Å²) in [4.78, 5) is 0. The summed E-state index contributed by atoms with van der Waals surface area (Å²) in [6.07, 6.45) is 5.13. The van der Waals surface area contributed by atoms with E-state index in [1.165, 1.54) is 6.08 Å². The highest BCUT2D eigenvalue weighted by molar-refractivity contribution is 5.15. The number of hydrogen-bond acceptors (Lipinski definition) is 0. The summed E-state index contributed by atoms with van der Waals surface area (Å²) < 4.78 is 11.2. The van der Waals surface area contributed by atoms with Crippen LogP contribution in [0.3, 0.4) is 0 Å². The van der Waals surface area contributed by atoms with Gasteiger partial charge in [0.1, 0.15) is 0 Å². The van der Waals surface area contributed by atoms with Crippen LogP contribution < -0.4 is 0 Å². The standard InChI is InChI=1S/C7H9F/c1-7(2)5-3-4-6-8/h3-6H,1H2,2H3/b5-3-,6-4+. The number of allylic oxidation sites excluding steroid dienone is 4. The molecule has 0 heterocycles. The van der Waals surface area contributed by atoms with Crippen molar-refractivity contribution in [1.82, 2.24) is 0 Å². The highest BCUT2D eigenvalue weighted by Gasteiger charge is 1.67. The van der Waals surface area contributed by atoms with Crippen molar-refractivity contribution in [2.45, 2.75) is 6.92 Å². The van der Waals surface area contributed by atoms with Gasteiger partial charge in [-0.1, -0.05) is 24.3 Å². The minimum absolute atomic E-state index is 0.486. The van der Waals surface area contributed by atoms with Gasteiger partial charge in [0.05, 0.1) is 6.33 Å². The van der Waals surface area contributed by atoms with Gasteiger partial charge in [-0.25, -0.2) is 4.39 Å². The zero-order valence-electron chi connectivity index (χ0n) is 4.89. The van der Waals surface area contributed by atoms with Gasteiger partial charge in [-0.05, 0) is 13.0 Å². The molecule has 0 aromatic rings. The fraction of sp³-hybridized carbons (Fsp3) is 0.143. The summed E-state index contributed by atoms with van der Waals surface area (Å²) in [7, 11) is 0. The quantitative estimate of drug-likeness (QED) is 0.481. The summed E-state index contributed by atoms with van der Waals surface area (Å²) >= 11 is 0. The Morgan fingerprint density at radius 3 is 2.50 bits per heavy atom. The van der Waals surface area contributed by atoms with Gasteiger partial charge in [-0.15, -0.1) is 0 Å². The molecule has 0 radical (unpaired) electrons. The van der Waals surface area contributed by atoms with Crippen LogP contribution in [0.5, 0.6) is 0 Å². The average molecular weight is 112 g/mol. The minimum Gasteiger partial charge on any atom is -0.216 e. The summed E-state index contributed by atoms with van der Waals surface area (Å²) in [5, 5.41) is 0. The second-order valence-electron chi connectivity index (χ2n) is 1.52. The van der Waals surface area contributed by atoms with Crippen molar-refractivity contribution in [3.05, 3.63) is 36.7 Å². The van der Waals surface area contributed by atoms with Crippen molar-refractivity contribution in [3.8, 4) is 0 Å². The molecule has 0 bridgehead atoms. The van der Waals surface area contributed by atoms with Crippen LogP contribution in [0.2, 0.25) is 0 Å². The maximum absolute atomic E-state index is 11.2.